The second-order valence-electron chi connectivity index (χ2n) is 5.00. The predicted octanol–water partition coefficient (Wildman–Crippen LogP) is 1.45. The third-order valence-electron chi connectivity index (χ3n) is 3.55. The molecule has 1 aromatic heterocycles. The van der Waals surface area contributed by atoms with Crippen molar-refractivity contribution in [1.29, 1.82) is 0 Å². The summed E-state index contributed by atoms with van der Waals surface area (Å²) in [6.07, 6.45) is 1.53. The Balaban J connectivity index is 2.62. The third kappa shape index (κ3) is 3.23. The molecule has 0 saturated carbocycles. The van der Waals surface area contributed by atoms with Crippen molar-refractivity contribution in [3.05, 3.63) is 46.6 Å². The van der Waals surface area contributed by atoms with Gasteiger partial charge in [-0.3, -0.25) is 0 Å². The van der Waals surface area contributed by atoms with Crippen LogP contribution >= 0.6 is 0 Å². The average molecular weight is 317 g/mol. The molecule has 1 aromatic rings. The Hall–Kier alpha value is -2.70. The highest BCUT2D eigenvalue weighted by molar-refractivity contribution is 5.99. The van der Waals surface area contributed by atoms with Gasteiger partial charge in [-0.15, -0.1) is 0 Å². The van der Waals surface area contributed by atoms with Crippen LogP contribution in [0.1, 0.15) is 32.4 Å². The number of nitrogens with one attached hydrogen (secondary N) is 1. The van der Waals surface area contributed by atoms with E-state index >= 15 is 0 Å². The van der Waals surface area contributed by atoms with E-state index in [0.717, 1.165) is 0 Å². The minimum atomic E-state index is -0.684. The van der Waals surface area contributed by atoms with E-state index in [1.165, 1.54) is 13.3 Å². The fourth-order valence-corrected chi connectivity index (χ4v) is 2.62. The molecule has 0 aromatic carbocycles. The second kappa shape index (κ2) is 7.04. The number of ether oxygens (including phenoxy) is 2. The summed E-state index contributed by atoms with van der Waals surface area (Å²) in [5.41, 5.74) is 2.36. The van der Waals surface area contributed by atoms with Crippen molar-refractivity contribution in [3.63, 3.8) is 0 Å². The number of methoxy groups -OCH3 is 1. The lowest BCUT2D eigenvalue weighted by Crippen LogP contribution is -2.32. The van der Waals surface area contributed by atoms with E-state index in [4.69, 9.17) is 9.47 Å². The molecule has 0 saturated heterocycles. The van der Waals surface area contributed by atoms with Gasteiger partial charge in [0.2, 0.25) is 0 Å². The zero-order valence-corrected chi connectivity index (χ0v) is 13.5. The number of dihydropyridines is 1. The first kappa shape index (κ1) is 16.7. The summed E-state index contributed by atoms with van der Waals surface area (Å²) < 4.78 is 10.0. The molecule has 1 aliphatic rings. The van der Waals surface area contributed by atoms with Crippen molar-refractivity contribution >= 4 is 11.9 Å². The van der Waals surface area contributed by atoms with Crippen molar-refractivity contribution in [2.24, 2.45) is 0 Å². The van der Waals surface area contributed by atoms with Gasteiger partial charge in [0.25, 0.3) is 0 Å². The van der Waals surface area contributed by atoms with Gasteiger partial charge in [0.15, 0.2) is 0 Å². The van der Waals surface area contributed by atoms with Gasteiger partial charge >= 0.3 is 11.9 Å². The van der Waals surface area contributed by atoms with Gasteiger partial charge in [-0.1, -0.05) is 0 Å². The van der Waals surface area contributed by atoms with Crippen molar-refractivity contribution in [2.45, 2.75) is 26.7 Å². The van der Waals surface area contributed by atoms with Gasteiger partial charge in [0.05, 0.1) is 36.5 Å². The lowest BCUT2D eigenvalue weighted by atomic mass is 9.83. The molecule has 2 rings (SSSR count). The van der Waals surface area contributed by atoms with E-state index in [-0.39, 0.29) is 6.61 Å². The molecular weight excluding hydrogens is 298 g/mol. The molecule has 1 N–H and O–H groups in total. The molecular formula is C16H19N3O4. The number of hydrogen-bond acceptors (Lipinski definition) is 7. The van der Waals surface area contributed by atoms with E-state index in [0.29, 0.717) is 28.2 Å². The van der Waals surface area contributed by atoms with Crippen molar-refractivity contribution in [3.8, 4) is 0 Å². The van der Waals surface area contributed by atoms with Gasteiger partial charge in [-0.25, -0.2) is 9.59 Å². The van der Waals surface area contributed by atoms with E-state index in [1.807, 2.05) is 0 Å². The first-order valence-electron chi connectivity index (χ1n) is 7.22. The lowest BCUT2D eigenvalue weighted by molar-refractivity contribution is -0.139. The number of esters is 2. The summed E-state index contributed by atoms with van der Waals surface area (Å²) in [5, 5.41) is 11.0. The molecule has 0 fully saturated rings. The maximum absolute atomic E-state index is 12.4. The highest BCUT2D eigenvalue weighted by Gasteiger charge is 2.38. The Morgan fingerprint density at radius 1 is 1.22 bits per heavy atom. The predicted molar refractivity (Wildman–Crippen MR) is 82.0 cm³/mol. The molecule has 2 heterocycles. The monoisotopic (exact) mass is 317 g/mol. The molecule has 0 bridgehead atoms. The molecule has 1 atom stereocenters. The van der Waals surface area contributed by atoms with Crippen LogP contribution in [-0.4, -0.2) is 35.9 Å². The Kier molecular flexibility index (Phi) is 5.10. The zero-order valence-electron chi connectivity index (χ0n) is 13.5. The largest absolute Gasteiger partial charge is 0.466 e. The second-order valence-corrected chi connectivity index (χ2v) is 5.00. The maximum Gasteiger partial charge on any atom is 0.336 e. The van der Waals surface area contributed by atoms with Crippen LogP contribution in [0.3, 0.4) is 0 Å². The number of nitrogens with zero attached hydrogens (tertiary/aromatic N) is 2. The minimum Gasteiger partial charge on any atom is -0.466 e. The van der Waals surface area contributed by atoms with Gasteiger partial charge < -0.3 is 14.8 Å². The van der Waals surface area contributed by atoms with E-state index in [2.05, 4.69) is 15.5 Å². The van der Waals surface area contributed by atoms with Crippen LogP contribution in [0.15, 0.2) is 40.9 Å². The van der Waals surface area contributed by atoms with Crippen molar-refractivity contribution < 1.29 is 19.1 Å². The Labute approximate surface area is 134 Å². The molecule has 1 aliphatic heterocycles. The molecule has 23 heavy (non-hydrogen) atoms. The van der Waals surface area contributed by atoms with Crippen LogP contribution in [0.4, 0.5) is 0 Å². The number of carbonyl (C=O) groups excluding carboxylic acids is 2. The standard InChI is InChI=1S/C16H19N3O4/c1-5-23-16(21)13-10(3)18-9(2)12(15(20)22-4)14(13)11-7-6-8-17-19-11/h6-8,14,18H,5H2,1-4H3. The number of carbonyl (C=O) groups is 2. The minimum absolute atomic E-state index is 0.235. The SMILES string of the molecule is CCOC(=O)C1=C(C)NC(C)=C(C(=O)OC)C1c1cccnn1. The number of rotatable bonds is 4. The molecule has 122 valence electrons. The normalized spacial score (nSPS) is 17.7. The maximum atomic E-state index is 12.4. The van der Waals surface area contributed by atoms with Gasteiger partial charge in [0, 0.05) is 17.6 Å². The smallest absolute Gasteiger partial charge is 0.336 e. The van der Waals surface area contributed by atoms with Crippen molar-refractivity contribution in [2.75, 3.05) is 13.7 Å². The summed E-state index contributed by atoms with van der Waals surface area (Å²) in [7, 11) is 1.30. The molecule has 7 nitrogen and oxygen atoms in total. The van der Waals surface area contributed by atoms with Crippen LogP contribution < -0.4 is 5.32 Å². The van der Waals surface area contributed by atoms with Crippen LogP contribution in [0, 0.1) is 0 Å². The molecule has 7 heteroatoms. The van der Waals surface area contributed by atoms with Crippen molar-refractivity contribution in [1.82, 2.24) is 15.5 Å². The van der Waals surface area contributed by atoms with Crippen LogP contribution in [0.25, 0.3) is 0 Å². The Morgan fingerprint density at radius 3 is 2.39 bits per heavy atom. The summed E-state index contributed by atoms with van der Waals surface area (Å²) in [4.78, 5) is 24.7. The summed E-state index contributed by atoms with van der Waals surface area (Å²) >= 11 is 0. The zero-order chi connectivity index (χ0) is 17.0. The fraction of sp³-hybridized carbons (Fsp3) is 0.375. The van der Waals surface area contributed by atoms with Gasteiger partial charge in [-0.05, 0) is 32.9 Å². The van der Waals surface area contributed by atoms with Gasteiger partial charge in [-0.2, -0.15) is 10.2 Å². The third-order valence-corrected chi connectivity index (χ3v) is 3.55. The molecule has 0 spiro atoms. The number of allylic oxidation sites excluding steroid dienone is 2. The van der Waals surface area contributed by atoms with Crippen LogP contribution in [0.5, 0.6) is 0 Å². The molecule has 0 aliphatic carbocycles. The first-order chi connectivity index (χ1) is 11.0. The van der Waals surface area contributed by atoms with E-state index in [1.54, 1.807) is 32.9 Å². The Morgan fingerprint density at radius 2 is 1.87 bits per heavy atom. The Bertz CT molecular complexity index is 680. The summed E-state index contributed by atoms with van der Waals surface area (Å²) in [6, 6.07) is 3.42. The summed E-state index contributed by atoms with van der Waals surface area (Å²) in [6.45, 7) is 5.47. The quantitative estimate of drug-likeness (QED) is 0.840. The molecule has 0 radical (unpaired) electrons. The fourth-order valence-electron chi connectivity index (χ4n) is 2.62. The van der Waals surface area contributed by atoms with E-state index in [9.17, 15) is 9.59 Å². The molecule has 1 unspecified atom stereocenters. The lowest BCUT2D eigenvalue weighted by Gasteiger charge is -2.29. The van der Waals surface area contributed by atoms with Crippen LogP contribution in [-0.2, 0) is 19.1 Å². The highest BCUT2D eigenvalue weighted by Crippen LogP contribution is 2.37. The number of hydrogen-bond donors (Lipinski definition) is 1. The number of aromatic nitrogens is 2. The highest BCUT2D eigenvalue weighted by atomic mass is 16.5. The van der Waals surface area contributed by atoms with Gasteiger partial charge in [0.1, 0.15) is 0 Å². The summed E-state index contributed by atoms with van der Waals surface area (Å²) in [5.74, 6) is -1.71. The van der Waals surface area contributed by atoms with Crippen LogP contribution in [0.2, 0.25) is 0 Å². The van der Waals surface area contributed by atoms with E-state index < -0.39 is 17.9 Å². The average Bonchev–Trinajstić information content (AvgIpc) is 2.54. The molecule has 0 amide bonds. The topological polar surface area (TPSA) is 90.4 Å². The first-order valence-corrected chi connectivity index (χ1v) is 7.22.